The number of carbonyl (C=O) groups is 1. The van der Waals surface area contributed by atoms with E-state index in [1.54, 1.807) is 24.3 Å². The zero-order chi connectivity index (χ0) is 19.0. The first kappa shape index (κ1) is 18.0. The maximum atomic E-state index is 12.8. The molecule has 0 atom stereocenters. The van der Waals surface area contributed by atoms with Crippen molar-refractivity contribution in [2.75, 3.05) is 16.2 Å². The predicted molar refractivity (Wildman–Crippen MR) is 106 cm³/mol. The fourth-order valence-electron chi connectivity index (χ4n) is 4.08. The van der Waals surface area contributed by atoms with E-state index in [1.807, 2.05) is 30.0 Å². The summed E-state index contributed by atoms with van der Waals surface area (Å²) in [7, 11) is -3.63. The topological polar surface area (TPSA) is 66.5 Å². The highest BCUT2D eigenvalue weighted by atomic mass is 32.2. The molecule has 4 rings (SSSR count). The lowest BCUT2D eigenvalue weighted by Gasteiger charge is -2.21. The molecular formula is C21H24N2O3S. The maximum absolute atomic E-state index is 12.8. The van der Waals surface area contributed by atoms with Gasteiger partial charge in [-0.1, -0.05) is 25.0 Å². The van der Waals surface area contributed by atoms with Crippen molar-refractivity contribution in [1.29, 1.82) is 0 Å². The van der Waals surface area contributed by atoms with E-state index >= 15 is 0 Å². The average molecular weight is 385 g/mol. The average Bonchev–Trinajstić information content (AvgIpc) is 3.30. The smallest absolute Gasteiger partial charge is 0.261 e. The van der Waals surface area contributed by atoms with E-state index in [2.05, 4.69) is 4.72 Å². The molecule has 142 valence electrons. The number of carbonyl (C=O) groups excluding carboxylic acids is 1. The minimum absolute atomic E-state index is 0.149. The van der Waals surface area contributed by atoms with Crippen molar-refractivity contribution in [1.82, 2.24) is 0 Å². The number of fused-ring (bicyclic) bond motifs is 1. The first-order valence-corrected chi connectivity index (χ1v) is 11.0. The van der Waals surface area contributed by atoms with Gasteiger partial charge in [-0.05, 0) is 67.6 Å². The Balaban J connectivity index is 1.55. The van der Waals surface area contributed by atoms with E-state index in [0.29, 0.717) is 12.2 Å². The standard InChI is InChI=1S/C21H24N2O3S/c1-15-5-4-8-19(13-15)27(25,26)22-18-9-10-20-17(14-18)11-12-23(20)21(24)16-6-2-3-7-16/h4-5,8-10,13-14,16,22H,2-3,6-7,11-12H2,1H3. The molecule has 6 heteroatoms. The second-order valence-corrected chi connectivity index (χ2v) is 9.17. The molecule has 1 fully saturated rings. The second-order valence-electron chi connectivity index (χ2n) is 7.49. The SMILES string of the molecule is Cc1cccc(S(=O)(=O)Nc2ccc3c(c2)CCN3C(=O)C2CCCC2)c1. The second kappa shape index (κ2) is 7.00. The molecule has 0 unspecified atom stereocenters. The largest absolute Gasteiger partial charge is 0.312 e. The number of aryl methyl sites for hydroxylation is 1. The molecule has 2 aromatic rings. The number of sulfonamides is 1. The normalized spacial score (nSPS) is 17.1. The van der Waals surface area contributed by atoms with E-state index in [9.17, 15) is 13.2 Å². The summed E-state index contributed by atoms with van der Waals surface area (Å²) < 4.78 is 27.9. The van der Waals surface area contributed by atoms with Crippen molar-refractivity contribution < 1.29 is 13.2 Å². The molecule has 0 aromatic heterocycles. The van der Waals surface area contributed by atoms with E-state index < -0.39 is 10.0 Å². The van der Waals surface area contributed by atoms with Crippen LogP contribution in [-0.4, -0.2) is 20.9 Å². The Bertz CT molecular complexity index is 979. The zero-order valence-electron chi connectivity index (χ0n) is 15.4. The molecule has 0 saturated heterocycles. The number of benzene rings is 2. The van der Waals surface area contributed by atoms with Gasteiger partial charge in [0.2, 0.25) is 5.91 Å². The first-order chi connectivity index (χ1) is 12.9. The number of hydrogen-bond acceptors (Lipinski definition) is 3. The van der Waals surface area contributed by atoms with Crippen LogP contribution in [0, 0.1) is 12.8 Å². The van der Waals surface area contributed by atoms with Crippen molar-refractivity contribution in [2.45, 2.75) is 43.9 Å². The summed E-state index contributed by atoms with van der Waals surface area (Å²) in [6, 6.07) is 12.3. The molecule has 1 aliphatic carbocycles. The van der Waals surface area contributed by atoms with Gasteiger partial charge in [0.25, 0.3) is 10.0 Å². The summed E-state index contributed by atoms with van der Waals surface area (Å²) >= 11 is 0. The summed E-state index contributed by atoms with van der Waals surface area (Å²) in [6.45, 7) is 2.54. The number of hydrogen-bond donors (Lipinski definition) is 1. The molecular weight excluding hydrogens is 360 g/mol. The van der Waals surface area contributed by atoms with Crippen molar-refractivity contribution in [2.24, 2.45) is 5.92 Å². The molecule has 1 amide bonds. The van der Waals surface area contributed by atoms with Crippen LogP contribution in [0.3, 0.4) is 0 Å². The Labute approximate surface area is 160 Å². The van der Waals surface area contributed by atoms with E-state index in [-0.39, 0.29) is 16.7 Å². The molecule has 27 heavy (non-hydrogen) atoms. The quantitative estimate of drug-likeness (QED) is 0.870. The first-order valence-electron chi connectivity index (χ1n) is 9.48. The monoisotopic (exact) mass is 384 g/mol. The number of anilines is 2. The molecule has 1 aliphatic heterocycles. The van der Waals surface area contributed by atoms with Crippen LogP contribution in [0.25, 0.3) is 0 Å². The Morgan fingerprint density at radius 1 is 1.11 bits per heavy atom. The Morgan fingerprint density at radius 3 is 2.63 bits per heavy atom. The number of amides is 1. The summed E-state index contributed by atoms with van der Waals surface area (Å²) in [4.78, 5) is 14.9. The molecule has 1 heterocycles. The predicted octanol–water partition coefficient (Wildman–Crippen LogP) is 3.88. The van der Waals surface area contributed by atoms with Gasteiger partial charge in [0.05, 0.1) is 4.90 Å². The number of rotatable bonds is 4. The van der Waals surface area contributed by atoms with Crippen molar-refractivity contribution >= 4 is 27.3 Å². The van der Waals surface area contributed by atoms with Gasteiger partial charge in [-0.15, -0.1) is 0 Å². The van der Waals surface area contributed by atoms with Crippen LogP contribution >= 0.6 is 0 Å². The summed E-state index contributed by atoms with van der Waals surface area (Å²) in [5.41, 5.74) is 3.37. The summed E-state index contributed by atoms with van der Waals surface area (Å²) in [6.07, 6.45) is 5.00. The lowest BCUT2D eigenvalue weighted by Crippen LogP contribution is -2.33. The molecule has 0 bridgehead atoms. The van der Waals surface area contributed by atoms with Crippen LogP contribution in [0.1, 0.15) is 36.8 Å². The molecule has 2 aromatic carbocycles. The maximum Gasteiger partial charge on any atom is 0.261 e. The van der Waals surface area contributed by atoms with Crippen LogP contribution < -0.4 is 9.62 Å². The van der Waals surface area contributed by atoms with Gasteiger partial charge in [-0.2, -0.15) is 0 Å². The fraction of sp³-hybridized carbons (Fsp3) is 0.381. The van der Waals surface area contributed by atoms with Crippen LogP contribution in [0.4, 0.5) is 11.4 Å². The van der Waals surface area contributed by atoms with Crippen molar-refractivity contribution in [3.63, 3.8) is 0 Å². The van der Waals surface area contributed by atoms with Crippen LogP contribution in [0.15, 0.2) is 47.4 Å². The van der Waals surface area contributed by atoms with Crippen molar-refractivity contribution in [3.05, 3.63) is 53.6 Å². The molecule has 1 N–H and O–H groups in total. The minimum Gasteiger partial charge on any atom is -0.312 e. The van der Waals surface area contributed by atoms with Gasteiger partial charge in [0.15, 0.2) is 0 Å². The zero-order valence-corrected chi connectivity index (χ0v) is 16.3. The van der Waals surface area contributed by atoms with Crippen LogP contribution in [0.2, 0.25) is 0 Å². The Kier molecular flexibility index (Phi) is 4.68. The third kappa shape index (κ3) is 3.58. The van der Waals surface area contributed by atoms with E-state index in [0.717, 1.165) is 48.9 Å². The molecule has 0 spiro atoms. The van der Waals surface area contributed by atoms with Gasteiger partial charge in [-0.25, -0.2) is 8.42 Å². The van der Waals surface area contributed by atoms with Crippen LogP contribution in [0.5, 0.6) is 0 Å². The lowest BCUT2D eigenvalue weighted by atomic mass is 10.1. The summed E-state index contributed by atoms with van der Waals surface area (Å²) in [5.74, 6) is 0.370. The fourth-order valence-corrected chi connectivity index (χ4v) is 5.24. The highest BCUT2D eigenvalue weighted by Crippen LogP contribution is 2.35. The lowest BCUT2D eigenvalue weighted by molar-refractivity contribution is -0.122. The van der Waals surface area contributed by atoms with Gasteiger partial charge in [0, 0.05) is 23.8 Å². The number of nitrogens with one attached hydrogen (secondary N) is 1. The van der Waals surface area contributed by atoms with Gasteiger partial charge in [0.1, 0.15) is 0 Å². The third-order valence-corrected chi connectivity index (χ3v) is 6.88. The molecule has 0 radical (unpaired) electrons. The minimum atomic E-state index is -3.63. The third-order valence-electron chi connectivity index (χ3n) is 5.50. The van der Waals surface area contributed by atoms with Gasteiger partial charge < -0.3 is 4.90 Å². The Morgan fingerprint density at radius 2 is 1.89 bits per heavy atom. The number of nitrogens with zero attached hydrogens (tertiary/aromatic N) is 1. The molecule has 5 nitrogen and oxygen atoms in total. The van der Waals surface area contributed by atoms with Crippen molar-refractivity contribution in [3.8, 4) is 0 Å². The van der Waals surface area contributed by atoms with E-state index in [4.69, 9.17) is 0 Å². The molecule has 2 aliphatic rings. The summed E-state index contributed by atoms with van der Waals surface area (Å²) in [5, 5.41) is 0. The molecule has 1 saturated carbocycles. The Hall–Kier alpha value is -2.34. The van der Waals surface area contributed by atoms with Gasteiger partial charge in [-0.3, -0.25) is 9.52 Å². The highest BCUT2D eigenvalue weighted by Gasteiger charge is 2.32. The van der Waals surface area contributed by atoms with Gasteiger partial charge >= 0.3 is 0 Å². The highest BCUT2D eigenvalue weighted by molar-refractivity contribution is 7.92. The van der Waals surface area contributed by atoms with Crippen LogP contribution in [-0.2, 0) is 21.2 Å². The van der Waals surface area contributed by atoms with E-state index in [1.165, 1.54) is 0 Å².